The van der Waals surface area contributed by atoms with E-state index < -0.39 is 0 Å². The second kappa shape index (κ2) is 19.2. The van der Waals surface area contributed by atoms with Crippen LogP contribution in [0.1, 0.15) is 74.1 Å². The van der Waals surface area contributed by atoms with E-state index in [0.717, 1.165) is 5.92 Å². The lowest BCUT2D eigenvalue weighted by Crippen LogP contribution is -2.46. The van der Waals surface area contributed by atoms with Crippen molar-refractivity contribution in [3.63, 3.8) is 0 Å². The minimum atomic E-state index is 1.01. The molecule has 0 aromatic heterocycles. The molecule has 2 fully saturated rings. The highest BCUT2D eigenvalue weighted by Gasteiger charge is 2.18. The summed E-state index contributed by atoms with van der Waals surface area (Å²) in [4.78, 5) is 7.70. The molecule has 148 valence electrons. The summed E-state index contributed by atoms with van der Waals surface area (Å²) in [6.45, 7) is 24.6. The molecule has 2 heterocycles. The summed E-state index contributed by atoms with van der Waals surface area (Å²) in [7, 11) is 2.25. The molecule has 3 heteroatoms. The number of rotatable bonds is 5. The van der Waals surface area contributed by atoms with Gasteiger partial charge in [-0.2, -0.15) is 0 Å². The number of piperazine rings is 1. The predicted octanol–water partition coefficient (Wildman–Crippen LogP) is 4.82. The lowest BCUT2D eigenvalue weighted by Gasteiger charge is -2.34. The summed E-state index contributed by atoms with van der Waals surface area (Å²) in [5.41, 5.74) is 0. The van der Waals surface area contributed by atoms with Crippen molar-refractivity contribution in [2.24, 2.45) is 5.92 Å². The molecule has 0 aliphatic carbocycles. The van der Waals surface area contributed by atoms with Gasteiger partial charge in [0.15, 0.2) is 0 Å². The van der Waals surface area contributed by atoms with E-state index in [-0.39, 0.29) is 0 Å². The SMILES string of the molecule is CC.CC.CC.CCN1CCN(CCCC2CCN(C)CC2)CC1. The average Bonchev–Trinajstić information content (AvgIpc) is 2.69. The highest BCUT2D eigenvalue weighted by molar-refractivity contribution is 4.73. The highest BCUT2D eigenvalue weighted by Crippen LogP contribution is 2.21. The molecule has 0 bridgehead atoms. The van der Waals surface area contributed by atoms with E-state index in [4.69, 9.17) is 0 Å². The van der Waals surface area contributed by atoms with Crippen LogP contribution in [0.2, 0.25) is 0 Å². The Morgan fingerprint density at radius 2 is 1.17 bits per heavy atom. The second-order valence-corrected chi connectivity index (χ2v) is 6.16. The van der Waals surface area contributed by atoms with Gasteiger partial charge in [-0.3, -0.25) is 0 Å². The van der Waals surface area contributed by atoms with Crippen LogP contribution in [0.25, 0.3) is 0 Å². The summed E-state index contributed by atoms with van der Waals surface area (Å²) in [5.74, 6) is 1.01. The van der Waals surface area contributed by atoms with Crippen molar-refractivity contribution < 1.29 is 0 Å². The van der Waals surface area contributed by atoms with E-state index in [9.17, 15) is 0 Å². The number of piperidine rings is 1. The Kier molecular flexibility index (Phi) is 20.9. The molecule has 0 radical (unpaired) electrons. The quantitative estimate of drug-likeness (QED) is 0.708. The van der Waals surface area contributed by atoms with E-state index in [1.54, 1.807) is 0 Å². The van der Waals surface area contributed by atoms with Crippen LogP contribution in [0.5, 0.6) is 0 Å². The fourth-order valence-electron chi connectivity index (χ4n) is 3.28. The zero-order chi connectivity index (χ0) is 18.8. The molecular weight excluding hydrogens is 294 g/mol. The zero-order valence-electron chi connectivity index (χ0n) is 18.4. The van der Waals surface area contributed by atoms with E-state index in [1.165, 1.54) is 78.0 Å². The Balaban J connectivity index is 0. The molecule has 0 aromatic carbocycles. The zero-order valence-corrected chi connectivity index (χ0v) is 18.4. The van der Waals surface area contributed by atoms with Gasteiger partial charge in [0, 0.05) is 26.2 Å². The number of hydrogen-bond donors (Lipinski definition) is 0. The lowest BCUT2D eigenvalue weighted by molar-refractivity contribution is 0.131. The molecule has 24 heavy (non-hydrogen) atoms. The molecule has 3 nitrogen and oxygen atoms in total. The van der Waals surface area contributed by atoms with Crippen LogP contribution in [-0.4, -0.2) is 74.1 Å². The molecule has 2 saturated heterocycles. The molecule has 2 aliphatic rings. The number of nitrogens with zero attached hydrogens (tertiary/aromatic N) is 3. The smallest absolute Gasteiger partial charge is 0.0110 e. The molecule has 0 unspecified atom stereocenters. The van der Waals surface area contributed by atoms with Crippen molar-refractivity contribution in [2.45, 2.75) is 74.1 Å². The maximum Gasteiger partial charge on any atom is 0.0110 e. The van der Waals surface area contributed by atoms with E-state index in [2.05, 4.69) is 28.7 Å². The van der Waals surface area contributed by atoms with Gasteiger partial charge >= 0.3 is 0 Å². The first-order valence-electron chi connectivity index (χ1n) is 10.9. The summed E-state index contributed by atoms with van der Waals surface area (Å²) >= 11 is 0. The molecule has 2 rings (SSSR count). The number of likely N-dealkylation sites (N-methyl/N-ethyl adjacent to an activating group) is 1. The molecule has 0 saturated carbocycles. The number of hydrogen-bond acceptors (Lipinski definition) is 3. The van der Waals surface area contributed by atoms with Crippen molar-refractivity contribution in [3.8, 4) is 0 Å². The maximum absolute atomic E-state index is 2.67. The van der Waals surface area contributed by atoms with Gasteiger partial charge in [0.05, 0.1) is 0 Å². The Labute approximate surface area is 154 Å². The largest absolute Gasteiger partial charge is 0.306 e. The minimum absolute atomic E-state index is 1.01. The van der Waals surface area contributed by atoms with Gasteiger partial charge in [-0.1, -0.05) is 48.5 Å². The van der Waals surface area contributed by atoms with Crippen LogP contribution in [0.3, 0.4) is 0 Å². The van der Waals surface area contributed by atoms with Gasteiger partial charge in [-0.25, -0.2) is 0 Å². The maximum atomic E-state index is 2.67. The van der Waals surface area contributed by atoms with Crippen LogP contribution in [0, 0.1) is 5.92 Å². The van der Waals surface area contributed by atoms with Crippen LogP contribution in [0.4, 0.5) is 0 Å². The first kappa shape index (κ1) is 26.1. The van der Waals surface area contributed by atoms with E-state index in [0.29, 0.717) is 0 Å². The van der Waals surface area contributed by atoms with Gasteiger partial charge < -0.3 is 14.7 Å². The van der Waals surface area contributed by atoms with Crippen LogP contribution in [0.15, 0.2) is 0 Å². The Morgan fingerprint density at radius 1 is 0.708 bits per heavy atom. The van der Waals surface area contributed by atoms with Crippen LogP contribution >= 0.6 is 0 Å². The number of likely N-dealkylation sites (tertiary alicyclic amines) is 1. The molecule has 0 aromatic rings. The molecule has 0 atom stereocenters. The fourth-order valence-corrected chi connectivity index (χ4v) is 3.28. The van der Waals surface area contributed by atoms with Gasteiger partial charge in [-0.15, -0.1) is 0 Å². The lowest BCUT2D eigenvalue weighted by atomic mass is 9.92. The summed E-state index contributed by atoms with van der Waals surface area (Å²) < 4.78 is 0. The van der Waals surface area contributed by atoms with Crippen molar-refractivity contribution in [3.05, 3.63) is 0 Å². The van der Waals surface area contributed by atoms with Crippen LogP contribution < -0.4 is 0 Å². The van der Waals surface area contributed by atoms with Crippen molar-refractivity contribution in [1.29, 1.82) is 0 Å². The van der Waals surface area contributed by atoms with Gasteiger partial charge in [0.2, 0.25) is 0 Å². The molecular formula is C21H49N3. The molecule has 0 N–H and O–H groups in total. The summed E-state index contributed by atoms with van der Waals surface area (Å²) in [6.07, 6.45) is 5.74. The van der Waals surface area contributed by atoms with Gasteiger partial charge in [0.25, 0.3) is 0 Å². The van der Waals surface area contributed by atoms with E-state index >= 15 is 0 Å². The van der Waals surface area contributed by atoms with Crippen LogP contribution in [-0.2, 0) is 0 Å². The second-order valence-electron chi connectivity index (χ2n) is 6.16. The van der Waals surface area contributed by atoms with Gasteiger partial charge in [-0.05, 0) is 64.8 Å². The third kappa shape index (κ3) is 12.3. The van der Waals surface area contributed by atoms with Crippen molar-refractivity contribution in [2.75, 3.05) is 59.4 Å². The topological polar surface area (TPSA) is 9.72 Å². The Bertz CT molecular complexity index is 217. The minimum Gasteiger partial charge on any atom is -0.306 e. The average molecular weight is 344 g/mol. The van der Waals surface area contributed by atoms with Gasteiger partial charge in [0.1, 0.15) is 0 Å². The monoisotopic (exact) mass is 343 g/mol. The Morgan fingerprint density at radius 3 is 1.62 bits per heavy atom. The molecule has 0 spiro atoms. The van der Waals surface area contributed by atoms with E-state index in [1.807, 2.05) is 41.5 Å². The standard InChI is InChI=1S/C15H31N3.3C2H6/c1-3-17-11-13-18(14-12-17)8-4-5-15-6-9-16(2)10-7-15;3*1-2/h15H,3-14H2,1-2H3;3*1-2H3. The summed E-state index contributed by atoms with van der Waals surface area (Å²) in [6, 6.07) is 0. The predicted molar refractivity (Wildman–Crippen MR) is 112 cm³/mol. The molecule has 2 aliphatic heterocycles. The van der Waals surface area contributed by atoms with Crippen molar-refractivity contribution >= 4 is 0 Å². The normalized spacial score (nSPS) is 20.0. The third-order valence-corrected chi connectivity index (χ3v) is 4.84. The first-order valence-corrected chi connectivity index (χ1v) is 10.9. The highest BCUT2D eigenvalue weighted by atomic mass is 15.3. The van der Waals surface area contributed by atoms with Crippen molar-refractivity contribution in [1.82, 2.24) is 14.7 Å². The summed E-state index contributed by atoms with van der Waals surface area (Å²) in [5, 5.41) is 0. The fraction of sp³-hybridized carbons (Fsp3) is 1.00. The first-order chi connectivity index (χ1) is 11.8. The third-order valence-electron chi connectivity index (χ3n) is 4.84. The molecule has 0 amide bonds. The Hall–Kier alpha value is -0.120.